The molecule has 0 fully saturated rings. The molecule has 0 aliphatic carbocycles. The molecule has 0 aliphatic rings. The third-order valence-electron chi connectivity index (χ3n) is 1.87. The van der Waals surface area contributed by atoms with Gasteiger partial charge < -0.3 is 0 Å². The van der Waals surface area contributed by atoms with Gasteiger partial charge in [0, 0.05) is 0 Å². The molecule has 1 aromatic carbocycles. The van der Waals surface area contributed by atoms with Crippen LogP contribution in [0.5, 0.6) is 0 Å². The van der Waals surface area contributed by atoms with Crippen LogP contribution in [-0.2, 0) is 26.1 Å². The van der Waals surface area contributed by atoms with E-state index in [2.05, 4.69) is 38.6 Å². The normalized spacial score (nSPS) is 10.1. The molecule has 2 heteroatoms. The summed E-state index contributed by atoms with van der Waals surface area (Å²) in [5, 5.41) is 0. The number of thiol groups is 1. The summed E-state index contributed by atoms with van der Waals surface area (Å²) in [6, 6.07) is 4.28. The zero-order chi connectivity index (χ0) is 7.72. The monoisotopic (exact) mass is 339 g/mol. The second kappa shape index (κ2) is 3.27. The predicted octanol–water partition coefficient (Wildman–Crippen LogP) is 1.76. The fourth-order valence-electron chi connectivity index (χ4n) is 0.862. The van der Waals surface area contributed by atoms with Gasteiger partial charge in [-0.2, -0.15) is 0 Å². The average molecular weight is 338 g/mol. The van der Waals surface area contributed by atoms with Gasteiger partial charge in [0.2, 0.25) is 0 Å². The Morgan fingerprint density at radius 2 is 1.80 bits per heavy atom. The van der Waals surface area contributed by atoms with Crippen LogP contribution < -0.4 is 3.07 Å². The summed E-state index contributed by atoms with van der Waals surface area (Å²) in [5.74, 6) is 0. The SMILES string of the molecule is Cc1c(S)cc[c]([Hg])c1C. The number of rotatable bonds is 0. The Bertz CT molecular complexity index is 229. The van der Waals surface area contributed by atoms with Crippen LogP contribution in [0.1, 0.15) is 11.1 Å². The topological polar surface area (TPSA) is 0 Å². The second-order valence-electron chi connectivity index (χ2n) is 2.49. The Morgan fingerprint density at radius 1 is 1.20 bits per heavy atom. The first kappa shape index (κ1) is 8.60. The van der Waals surface area contributed by atoms with Crippen molar-refractivity contribution in [2.75, 3.05) is 0 Å². The fraction of sp³-hybridized carbons (Fsp3) is 0.250. The van der Waals surface area contributed by atoms with Crippen LogP contribution in [-0.4, -0.2) is 0 Å². The van der Waals surface area contributed by atoms with E-state index in [1.807, 2.05) is 0 Å². The van der Waals surface area contributed by atoms with Crippen LogP contribution in [0.4, 0.5) is 0 Å². The van der Waals surface area contributed by atoms with Crippen molar-refractivity contribution in [3.8, 4) is 0 Å². The van der Waals surface area contributed by atoms with Gasteiger partial charge in [0.25, 0.3) is 0 Å². The Hall–Kier alpha value is 0.505. The maximum atomic E-state index is 4.34. The summed E-state index contributed by atoms with van der Waals surface area (Å²) < 4.78 is 1.54. The quantitative estimate of drug-likeness (QED) is 0.541. The molecule has 1 aromatic rings. The summed E-state index contributed by atoms with van der Waals surface area (Å²) in [6.45, 7) is 4.31. The van der Waals surface area contributed by atoms with E-state index in [1.165, 1.54) is 14.2 Å². The molecule has 0 atom stereocenters. The van der Waals surface area contributed by atoms with Crippen molar-refractivity contribution < 1.29 is 26.1 Å². The summed E-state index contributed by atoms with van der Waals surface area (Å²) in [5.41, 5.74) is 2.78. The molecule has 0 aliphatic heterocycles. The predicted molar refractivity (Wildman–Crippen MR) is 42.8 cm³/mol. The summed E-state index contributed by atoms with van der Waals surface area (Å²) in [4.78, 5) is 1.12. The average Bonchev–Trinajstić information content (AvgIpc) is 1.93. The van der Waals surface area contributed by atoms with Gasteiger partial charge in [-0.15, -0.1) is 0 Å². The zero-order valence-corrected chi connectivity index (χ0v) is 12.7. The van der Waals surface area contributed by atoms with Gasteiger partial charge in [-0.3, -0.25) is 0 Å². The molecule has 0 spiro atoms. The molecule has 0 nitrogen and oxygen atoms in total. The van der Waals surface area contributed by atoms with Gasteiger partial charge in [-0.1, -0.05) is 0 Å². The first-order chi connectivity index (χ1) is 4.63. The van der Waals surface area contributed by atoms with Crippen LogP contribution in [0.25, 0.3) is 0 Å². The van der Waals surface area contributed by atoms with E-state index in [0.717, 1.165) is 31.0 Å². The minimum absolute atomic E-state index is 0.746. The molecule has 1 rings (SSSR count). The zero-order valence-electron chi connectivity index (χ0n) is 6.31. The van der Waals surface area contributed by atoms with Crippen LogP contribution in [0.3, 0.4) is 0 Å². The molecular formula is C8H9HgS. The Morgan fingerprint density at radius 3 is 2.30 bits per heavy atom. The molecule has 0 saturated heterocycles. The van der Waals surface area contributed by atoms with E-state index in [-0.39, 0.29) is 0 Å². The second-order valence-corrected chi connectivity index (χ2v) is 5.94. The minimum atomic E-state index is 0.746. The molecule has 0 amide bonds. The molecule has 0 unspecified atom stereocenters. The van der Waals surface area contributed by atoms with Crippen molar-refractivity contribution in [2.45, 2.75) is 18.7 Å². The molecule has 0 bridgehead atoms. The molecule has 0 saturated carbocycles. The molecule has 0 radical (unpaired) electrons. The van der Waals surface area contributed by atoms with E-state index in [1.54, 1.807) is 0 Å². The fourth-order valence-corrected chi connectivity index (χ4v) is 2.59. The van der Waals surface area contributed by atoms with Crippen LogP contribution in [0.2, 0.25) is 0 Å². The number of benzene rings is 1. The van der Waals surface area contributed by atoms with E-state index in [4.69, 9.17) is 0 Å². The van der Waals surface area contributed by atoms with Crippen molar-refractivity contribution in [1.29, 1.82) is 0 Å². The van der Waals surface area contributed by atoms with Crippen molar-refractivity contribution in [3.63, 3.8) is 0 Å². The molecule has 10 heavy (non-hydrogen) atoms. The van der Waals surface area contributed by atoms with Crippen LogP contribution in [0.15, 0.2) is 17.0 Å². The number of hydrogen-bond acceptors (Lipinski definition) is 1. The van der Waals surface area contributed by atoms with Crippen molar-refractivity contribution in [2.24, 2.45) is 0 Å². The molecule has 0 heterocycles. The van der Waals surface area contributed by atoms with E-state index in [9.17, 15) is 0 Å². The molecular weight excluding hydrogens is 329 g/mol. The third kappa shape index (κ3) is 1.56. The first-order valence-electron chi connectivity index (χ1n) is 3.24. The van der Waals surface area contributed by atoms with Crippen molar-refractivity contribution in [1.82, 2.24) is 0 Å². The van der Waals surface area contributed by atoms with Gasteiger partial charge in [0.1, 0.15) is 0 Å². The van der Waals surface area contributed by atoms with E-state index < -0.39 is 0 Å². The van der Waals surface area contributed by atoms with Gasteiger partial charge in [0.15, 0.2) is 0 Å². The maximum absolute atomic E-state index is 4.34. The van der Waals surface area contributed by atoms with Crippen molar-refractivity contribution >= 4 is 15.7 Å². The Labute approximate surface area is 83.4 Å². The van der Waals surface area contributed by atoms with Gasteiger partial charge in [-0.25, -0.2) is 0 Å². The summed E-state index contributed by atoms with van der Waals surface area (Å²) >= 11 is 5.08. The van der Waals surface area contributed by atoms with Gasteiger partial charge in [0.05, 0.1) is 0 Å². The number of hydrogen-bond donors (Lipinski definition) is 1. The Kier molecular flexibility index (Phi) is 2.81. The standard InChI is InChI=1S/C8H9S.Hg/c1-6-4-3-5-8(9)7(6)2;/h3,5,9H,1-2H3;. The third-order valence-corrected chi connectivity index (χ3v) is 5.33. The van der Waals surface area contributed by atoms with Gasteiger partial charge >= 0.3 is 83.8 Å². The van der Waals surface area contributed by atoms with E-state index in [0.29, 0.717) is 0 Å². The van der Waals surface area contributed by atoms with Crippen LogP contribution in [0, 0.1) is 13.8 Å². The van der Waals surface area contributed by atoms with Crippen LogP contribution >= 0.6 is 12.6 Å². The molecule has 0 N–H and O–H groups in total. The Balaban J connectivity index is 3.34. The molecule has 0 aromatic heterocycles. The van der Waals surface area contributed by atoms with E-state index >= 15 is 0 Å². The summed E-state index contributed by atoms with van der Waals surface area (Å²) in [7, 11) is 0. The summed E-state index contributed by atoms with van der Waals surface area (Å²) in [6.07, 6.45) is 0. The van der Waals surface area contributed by atoms with Crippen molar-refractivity contribution in [3.05, 3.63) is 23.3 Å². The van der Waals surface area contributed by atoms with Gasteiger partial charge in [-0.05, 0) is 0 Å². The molecule has 49 valence electrons. The first-order valence-corrected chi connectivity index (χ1v) is 6.43.